The van der Waals surface area contributed by atoms with Gasteiger partial charge in [-0.05, 0) is 118 Å². The van der Waals surface area contributed by atoms with Gasteiger partial charge < -0.3 is 41.6 Å². The number of ketones is 3. The molecule has 760 valence electrons. The Kier molecular flexibility index (Phi) is 44.2. The van der Waals surface area contributed by atoms with E-state index in [2.05, 4.69) is 57.7 Å². The predicted octanol–water partition coefficient (Wildman–Crippen LogP) is 3.27. The molecule has 0 spiro atoms. The van der Waals surface area contributed by atoms with Crippen molar-refractivity contribution in [3.63, 3.8) is 0 Å². The first-order valence-electron chi connectivity index (χ1n) is 46.1. The number of hydrogen-bond acceptors (Lipinski definition) is 32. The minimum atomic E-state index is -0.760. The summed E-state index contributed by atoms with van der Waals surface area (Å²) in [6.07, 6.45) is -2.91. The molecule has 10 rings (SSSR count). The third-order valence-corrected chi connectivity index (χ3v) is 28.3. The second-order valence-electron chi connectivity index (χ2n) is 33.3. The Bertz CT molecular complexity index is 5200. The van der Waals surface area contributed by atoms with Gasteiger partial charge in [-0.3, -0.25) is 150 Å². The smallest absolute Gasteiger partial charge is 0.251 e. The van der Waals surface area contributed by atoms with Crippen molar-refractivity contribution in [3.8, 4) is 0 Å². The summed E-state index contributed by atoms with van der Waals surface area (Å²) in [4.78, 5) is 307. The van der Waals surface area contributed by atoms with E-state index in [1.54, 1.807) is 125 Å². The largest absolute Gasteiger partial charge is 0.399 e. The van der Waals surface area contributed by atoms with E-state index in [1.807, 2.05) is 0 Å². The van der Waals surface area contributed by atoms with Crippen LogP contribution in [0.15, 0.2) is 117 Å². The molecular formula is C95H117N19O24S4. The van der Waals surface area contributed by atoms with Gasteiger partial charge in [-0.15, -0.1) is 47.0 Å². The van der Waals surface area contributed by atoms with Crippen LogP contribution in [-0.4, -0.2) is 336 Å². The van der Waals surface area contributed by atoms with Crippen molar-refractivity contribution in [2.45, 2.75) is 165 Å². The number of carbonyl (C=O) groups excluding carboxylic acids is 22. The van der Waals surface area contributed by atoms with Crippen molar-refractivity contribution < 1.29 is 115 Å². The summed E-state index contributed by atoms with van der Waals surface area (Å²) in [5, 5.41) is 29.5. The highest BCUT2D eigenvalue weighted by Gasteiger charge is 2.46. The number of fused-ring (bicyclic) bond motifs is 8. The van der Waals surface area contributed by atoms with Gasteiger partial charge in [-0.25, -0.2) is 5.43 Å². The molecule has 7 N–H and O–H groups in total. The maximum Gasteiger partial charge on any atom is 0.251 e. The monoisotopic (exact) mass is 2040 g/mol. The Morgan fingerprint density at radius 2 is 0.585 bits per heavy atom. The number of aliphatic imine (C=N–C) groups is 1. The quantitative estimate of drug-likeness (QED) is 0.0146. The zero-order valence-corrected chi connectivity index (χ0v) is 83.4. The normalized spacial score (nSPS) is 18.4. The van der Waals surface area contributed by atoms with E-state index >= 15 is 0 Å². The number of benzene rings is 4. The van der Waals surface area contributed by atoms with E-state index in [1.165, 1.54) is 75.1 Å². The van der Waals surface area contributed by atoms with Crippen LogP contribution in [0.4, 0.5) is 0 Å². The van der Waals surface area contributed by atoms with E-state index in [9.17, 15) is 105 Å². The van der Waals surface area contributed by atoms with Crippen molar-refractivity contribution in [2.24, 2.45) is 20.4 Å². The molecule has 43 nitrogen and oxygen atoms in total. The number of Topliss-reactive ketones (excluding diaryl/α,β-unsaturated/α-hetero) is 3. The Hall–Kier alpha value is -13.7. The molecular weight excluding hydrogens is 1920 g/mol. The number of imide groups is 4. The average Bonchev–Trinajstić information content (AvgIpc) is 1.65. The molecule has 4 aromatic rings. The van der Waals surface area contributed by atoms with Gasteiger partial charge in [-0.2, -0.15) is 5.10 Å². The summed E-state index contributed by atoms with van der Waals surface area (Å²) in [7, 11) is 2.87. The lowest BCUT2D eigenvalue weighted by molar-refractivity contribution is -0.166. The first-order chi connectivity index (χ1) is 67.9. The number of thioether (sulfide) groups is 4. The van der Waals surface area contributed by atoms with Gasteiger partial charge in [0.2, 0.25) is 88.6 Å². The van der Waals surface area contributed by atoms with E-state index in [0.29, 0.717) is 50.7 Å². The van der Waals surface area contributed by atoms with Crippen LogP contribution >= 0.6 is 47.0 Å². The van der Waals surface area contributed by atoms with Crippen molar-refractivity contribution in [2.75, 3.05) is 123 Å². The number of hydrazine groups is 2. The molecule has 6 aliphatic rings. The lowest BCUT2D eigenvalue weighted by atomic mass is 10.1. The fourth-order valence-electron chi connectivity index (χ4n) is 15.2. The Morgan fingerprint density at radius 1 is 0.324 bits per heavy atom. The SMILES string of the molecule is CC(=O)CN=C(C)c1ccc(C(=O)NCCCC(=O)CCN2C(=O)CCN3C(=O)CC(SCSC4CC(=O)N(CCC(=O)N2CCC(=O)NCCNC(=O)c2ccc(/C(C)=N\NC(C)=O)cc2)C4=O)C3=O)cc1.CO/N=C(\C)c1ccc(C(=O)NCCCC(=O)CCN2C(=O)CCN3C(=O)CC(SCSC4CC(=O)N(CCC(=O)N2CCC(=O)NCCNC(=O)c2ccc(/C(C)=N/OC)cc2)C4=O)C3=O)cc1. The van der Waals surface area contributed by atoms with Crippen LogP contribution in [0, 0.1) is 0 Å². The number of hydrazone groups is 1. The van der Waals surface area contributed by atoms with Crippen LogP contribution in [0.5, 0.6) is 0 Å². The van der Waals surface area contributed by atoms with E-state index < -0.39 is 142 Å². The van der Waals surface area contributed by atoms with Crippen LogP contribution in [0.1, 0.15) is 208 Å². The predicted molar refractivity (Wildman–Crippen MR) is 526 cm³/mol. The van der Waals surface area contributed by atoms with Gasteiger partial charge in [-0.1, -0.05) is 58.8 Å². The number of oxime groups is 2. The number of rotatable bonds is 39. The van der Waals surface area contributed by atoms with Crippen LogP contribution < -0.4 is 37.3 Å². The zero-order chi connectivity index (χ0) is 103. The molecule has 0 saturated carbocycles. The van der Waals surface area contributed by atoms with Crippen LogP contribution in [-0.2, 0) is 96.0 Å². The second kappa shape index (κ2) is 56.1. The summed E-state index contributed by atoms with van der Waals surface area (Å²) in [6.45, 7) is 7.48. The Labute approximate surface area is 836 Å². The van der Waals surface area contributed by atoms with E-state index in [-0.39, 0.29) is 220 Å². The fraction of sp³-hybridized carbons (Fsp3) is 0.474. The molecule has 6 saturated heterocycles. The minimum Gasteiger partial charge on any atom is -0.399 e. The summed E-state index contributed by atoms with van der Waals surface area (Å²) in [5.41, 5.74) is 9.20. The molecule has 6 fully saturated rings. The second-order valence-corrected chi connectivity index (χ2v) is 38.8. The first-order valence-corrected chi connectivity index (χ1v) is 50.3. The van der Waals surface area contributed by atoms with Crippen LogP contribution in [0.3, 0.4) is 0 Å². The lowest BCUT2D eigenvalue weighted by Crippen LogP contribution is -2.53. The zero-order valence-electron chi connectivity index (χ0n) is 80.2. The summed E-state index contributed by atoms with van der Waals surface area (Å²) >= 11 is 4.68. The van der Waals surface area contributed by atoms with Crippen molar-refractivity contribution in [1.29, 1.82) is 0 Å². The highest BCUT2D eigenvalue weighted by atomic mass is 32.2. The number of nitrogens with zero attached hydrogens (tertiary/aromatic N) is 12. The topological polar surface area (TPSA) is 554 Å². The molecule has 142 heavy (non-hydrogen) atoms. The highest BCUT2D eigenvalue weighted by Crippen LogP contribution is 2.36. The molecule has 8 bridgehead atoms. The molecule has 6 heterocycles. The number of amides is 19. The maximum atomic E-state index is 14.2. The third-order valence-electron chi connectivity index (χ3n) is 23.1. The third kappa shape index (κ3) is 33.8. The van der Waals surface area contributed by atoms with Gasteiger partial charge >= 0.3 is 0 Å². The number of nitrogens with one attached hydrogen (secondary N) is 7. The minimum absolute atomic E-state index is 0.00318. The highest BCUT2D eigenvalue weighted by molar-refractivity contribution is 8.17. The molecule has 47 heteroatoms. The molecule has 4 atom stereocenters. The maximum absolute atomic E-state index is 14.2. The fourth-order valence-corrected chi connectivity index (χ4v) is 20.5. The van der Waals surface area contributed by atoms with Gasteiger partial charge in [0, 0.05) is 213 Å². The molecule has 4 unspecified atom stereocenters. The molecule has 19 amide bonds. The summed E-state index contributed by atoms with van der Waals surface area (Å²) in [5.74, 6) is -10.7. The molecule has 4 aromatic carbocycles. The average molecular weight is 2040 g/mol. The van der Waals surface area contributed by atoms with Gasteiger partial charge in [0.05, 0.1) is 57.8 Å². The first kappa shape index (κ1) is 112. The molecule has 0 aliphatic carbocycles. The summed E-state index contributed by atoms with van der Waals surface area (Å²) in [6, 6.07) is 26.5. The van der Waals surface area contributed by atoms with Gasteiger partial charge in [0.15, 0.2) is 5.78 Å². The number of hydrogen-bond donors (Lipinski definition) is 7. The lowest BCUT2D eigenvalue weighted by Gasteiger charge is -2.35. The van der Waals surface area contributed by atoms with Crippen molar-refractivity contribution in [1.82, 2.24) is 77.0 Å². The van der Waals surface area contributed by atoms with Crippen LogP contribution in [0.2, 0.25) is 0 Å². The summed E-state index contributed by atoms with van der Waals surface area (Å²) < 4.78 is 0. The van der Waals surface area contributed by atoms with E-state index in [0.717, 1.165) is 56.3 Å². The van der Waals surface area contributed by atoms with Crippen molar-refractivity contribution >= 4 is 199 Å². The molecule has 0 radical (unpaired) electrons. The Balaban J connectivity index is 0.000000317. The molecule has 0 aromatic heterocycles. The molecule has 6 aliphatic heterocycles. The standard InChI is InChI=1S/C49H60N10O12S2.C46H57N9O12S2/c1-30(60)28-53-31(2)34-7-11-36(12-8-34)46(68)51-19-5-6-38(62)15-24-58-42(64)17-22-56-44(66)26-39(48(56)70)72-29-73-40-27-45(67)57(49(40)71)23-18-43(65)59(58)25-16-41(63)50-20-21-52-47(69)37-13-9-35(10-14-37)32(3)54-55-33(4)61;1-29(50-66-3)31-7-11-33(12-8-31)43(62)48-19-5-6-35(56)15-24-54-39(58)17-22-52-41(60)26-36(45(52)64)68-28-69-37-27-42(61)53(46(37)65)23-18-40(59)55(54)25-16-38(57)47-20-21-49-44(63)34-13-9-32(10-14-34)30(2)51-67-4/h7-14,39-40H,5-6,15-29H2,1-4H3,(H,50,63)(H,51,68)(H,52,69)(H,55,61);7-14,36-37H,5-6,15-28H2,1-4H3,(H,47,57)(H,48,62)(H,49,63)/b53-31?,54-32-;50-29+,51-30+. The van der Waals surface area contributed by atoms with Gasteiger partial charge in [0.1, 0.15) is 25.8 Å². The Morgan fingerprint density at radius 3 is 0.866 bits per heavy atom. The van der Waals surface area contributed by atoms with E-state index in [4.69, 9.17) is 9.68 Å². The van der Waals surface area contributed by atoms with Gasteiger partial charge in [0.25, 0.3) is 23.6 Å². The number of carbonyl (C=O) groups is 22. The van der Waals surface area contributed by atoms with Crippen LogP contribution in [0.25, 0.3) is 0 Å². The van der Waals surface area contributed by atoms with Crippen molar-refractivity contribution in [3.05, 3.63) is 142 Å².